The molecule has 8 rings (SSSR count). The number of aliphatic imine (C=N–C) groups is 1. The van der Waals surface area contributed by atoms with Gasteiger partial charge in [0.15, 0.2) is 6.29 Å². The Morgan fingerprint density at radius 2 is 1.11 bits per heavy atom. The molecule has 4 amide bonds. The standard InChI is InChI=1S/C22H27FN4O2.C20H37N5O.C11H11N3O2.C8H6FNO.C6H16N2.CH4/c1-5-27(6-2)10-9-24-22(29)20-13(3)19(25-14(20)4)12-17-16-11-15(23)7-8-18(16)26-21(17)28;1-7-24(8-2)13-11-21-15-18-16(5)19(17(6)23-18)20(26)22-12-14-25(9-3)10-4;1-7-9(5-15)13-8(2)10(7)11(16)14-4-3-12-6-14;9-6-1-2-7-5(3-6)4-8(11)10-7;1-3-8(4-2)6-5-7;/h7-8,11-12,25H,5-6,9-10H2,1-4H3,(H,24,29)(H,26,28);15,23H,7-14H2,1-6H3,(H,22,26);3-6,13H,1-2H3;1-3H,4H2,(H,10,11);3-7H2,1-2H3;1H4/b17-12-;;;;;. The number of nitrogens with zero attached hydrogens (tertiary/aromatic N) is 7. The highest BCUT2D eigenvalue weighted by Gasteiger charge is 2.27. The summed E-state index contributed by atoms with van der Waals surface area (Å²) in [7, 11) is 0. The average molecular weight is 1260 g/mol. The number of benzene rings is 2. The van der Waals surface area contributed by atoms with Crippen LogP contribution in [0.2, 0.25) is 0 Å². The summed E-state index contributed by atoms with van der Waals surface area (Å²) in [6.07, 6.45) is 9.10. The van der Waals surface area contributed by atoms with Crippen LogP contribution in [0.25, 0.3) is 11.6 Å². The second kappa shape index (κ2) is 39.1. The quantitative estimate of drug-likeness (QED) is 0.0151. The number of H-pyrrole nitrogens is 3. The zero-order valence-corrected chi connectivity index (χ0v) is 55.4. The molecule has 0 saturated heterocycles. The van der Waals surface area contributed by atoms with Crippen molar-refractivity contribution in [3.8, 4) is 0 Å². The van der Waals surface area contributed by atoms with Crippen molar-refractivity contribution in [2.75, 3.05) is 115 Å². The van der Waals surface area contributed by atoms with Crippen molar-refractivity contribution < 1.29 is 37.5 Å². The second-order valence-corrected chi connectivity index (χ2v) is 21.6. The summed E-state index contributed by atoms with van der Waals surface area (Å²) in [5, 5.41) is 11.4. The van der Waals surface area contributed by atoms with Crippen LogP contribution in [0, 0.1) is 53.2 Å². The van der Waals surface area contributed by atoms with Gasteiger partial charge in [-0.1, -0.05) is 62.8 Å². The van der Waals surface area contributed by atoms with Crippen molar-refractivity contribution in [2.24, 2.45) is 10.7 Å². The van der Waals surface area contributed by atoms with E-state index in [1.54, 1.807) is 38.3 Å². The van der Waals surface area contributed by atoms with Crippen molar-refractivity contribution in [1.29, 1.82) is 0 Å². The lowest BCUT2D eigenvalue weighted by Crippen LogP contribution is -2.35. The predicted octanol–water partition coefficient (Wildman–Crippen LogP) is 9.37. The molecule has 6 heterocycles. The topological polar surface area (TPSA) is 267 Å². The van der Waals surface area contributed by atoms with Crippen LogP contribution in [0.4, 0.5) is 20.2 Å². The number of carbonyl (C=O) groups is 6. The molecule has 2 aliphatic rings. The number of hydrogen-bond acceptors (Lipinski definition) is 13. The van der Waals surface area contributed by atoms with Crippen molar-refractivity contribution in [2.45, 2.75) is 111 Å². The first-order chi connectivity index (χ1) is 43.1. The number of carbonyl (C=O) groups excluding carboxylic acids is 6. The highest BCUT2D eigenvalue weighted by atomic mass is 19.1. The largest absolute Gasteiger partial charge is 0.358 e. The van der Waals surface area contributed by atoms with Gasteiger partial charge in [-0.25, -0.2) is 13.8 Å². The Labute approximate surface area is 537 Å². The van der Waals surface area contributed by atoms with Crippen LogP contribution < -0.4 is 27.0 Å². The molecule has 6 aromatic rings. The van der Waals surface area contributed by atoms with Gasteiger partial charge in [0.1, 0.15) is 18.0 Å². The van der Waals surface area contributed by atoms with Gasteiger partial charge < -0.3 is 61.6 Å². The Morgan fingerprint density at radius 3 is 1.60 bits per heavy atom. The lowest BCUT2D eigenvalue weighted by atomic mass is 10.0. The normalized spacial score (nSPS) is 12.5. The van der Waals surface area contributed by atoms with E-state index in [0.717, 1.165) is 137 Å². The van der Waals surface area contributed by atoms with Gasteiger partial charge in [0.25, 0.3) is 23.6 Å². The summed E-state index contributed by atoms with van der Waals surface area (Å²) in [5.74, 6) is -1.38. The highest BCUT2D eigenvalue weighted by Crippen LogP contribution is 2.34. The molecule has 0 aliphatic carbocycles. The predicted molar refractivity (Wildman–Crippen MR) is 364 cm³/mol. The van der Waals surface area contributed by atoms with E-state index in [1.807, 2.05) is 33.9 Å². The van der Waals surface area contributed by atoms with Gasteiger partial charge in [-0.3, -0.25) is 38.3 Å². The number of rotatable bonds is 25. The van der Waals surface area contributed by atoms with Crippen LogP contribution in [0.3, 0.4) is 0 Å². The highest BCUT2D eigenvalue weighted by molar-refractivity contribution is 6.35. The van der Waals surface area contributed by atoms with Gasteiger partial charge in [0, 0.05) is 104 Å². The maximum atomic E-state index is 13.7. The fourth-order valence-corrected chi connectivity index (χ4v) is 10.4. The molecule has 0 saturated carbocycles. The molecule has 21 nitrogen and oxygen atoms in total. The van der Waals surface area contributed by atoms with Crippen LogP contribution >= 0.6 is 0 Å². The van der Waals surface area contributed by atoms with Gasteiger partial charge in [0.05, 0.1) is 46.6 Å². The van der Waals surface area contributed by atoms with Crippen LogP contribution in [0.5, 0.6) is 0 Å². The molecule has 0 spiro atoms. The molecule has 0 atom stereocenters. The first-order valence-corrected chi connectivity index (χ1v) is 31.2. The molecule has 0 radical (unpaired) electrons. The third-order valence-corrected chi connectivity index (χ3v) is 15.9. The van der Waals surface area contributed by atoms with E-state index in [2.05, 4.69) is 121 Å². The van der Waals surface area contributed by atoms with E-state index in [4.69, 9.17) is 5.73 Å². The van der Waals surface area contributed by atoms with Gasteiger partial charge in [-0.05, 0) is 159 Å². The summed E-state index contributed by atoms with van der Waals surface area (Å²) >= 11 is 0. The van der Waals surface area contributed by atoms with Gasteiger partial charge in [-0.2, -0.15) is 0 Å². The molecule has 23 heteroatoms. The summed E-state index contributed by atoms with van der Waals surface area (Å²) in [6, 6.07) is 8.50. The van der Waals surface area contributed by atoms with Crippen molar-refractivity contribution in [3.05, 3.63) is 145 Å². The molecule has 9 N–H and O–H groups in total. The van der Waals surface area contributed by atoms with Crippen LogP contribution in [0.1, 0.15) is 161 Å². The first-order valence-electron chi connectivity index (χ1n) is 31.2. The van der Waals surface area contributed by atoms with Gasteiger partial charge in [0.2, 0.25) is 5.91 Å². The smallest absolute Gasteiger partial charge is 0.265 e. The number of halogens is 2. The fraction of sp³-hybridized carbons (Fsp3) is 0.471. The number of nitrogens with one attached hydrogen (secondary N) is 7. The third-order valence-electron chi connectivity index (χ3n) is 15.9. The fourth-order valence-electron chi connectivity index (χ4n) is 10.4. The first kappa shape index (κ1) is 77.0. The second-order valence-electron chi connectivity index (χ2n) is 21.6. The number of amides is 4. The number of aryl methyl sites for hydroxylation is 3. The Morgan fingerprint density at radius 1 is 0.637 bits per heavy atom. The van der Waals surface area contributed by atoms with E-state index >= 15 is 0 Å². The lowest BCUT2D eigenvalue weighted by molar-refractivity contribution is -0.115. The Balaban J connectivity index is 0.000000316. The monoisotopic (exact) mass is 1260 g/mol. The number of nitrogens with two attached hydrogens (primary N) is 1. The van der Waals surface area contributed by atoms with Crippen LogP contribution in [0.15, 0.2) is 60.1 Å². The number of hydrogen-bond donors (Lipinski definition) is 8. The molecular formula is C68H101F2N15O6. The Kier molecular flexibility index (Phi) is 33.1. The number of aldehydes is 1. The van der Waals surface area contributed by atoms with Crippen LogP contribution in [-0.2, 0) is 16.0 Å². The van der Waals surface area contributed by atoms with E-state index < -0.39 is 5.82 Å². The number of fused-ring (bicyclic) bond motifs is 2. The van der Waals surface area contributed by atoms with E-state index in [-0.39, 0.29) is 42.8 Å². The Bertz CT molecular complexity index is 3360. The van der Waals surface area contributed by atoms with Crippen molar-refractivity contribution >= 4 is 65.1 Å². The summed E-state index contributed by atoms with van der Waals surface area (Å²) in [6.45, 7) is 42.9. The maximum absolute atomic E-state index is 13.7. The third kappa shape index (κ3) is 22.3. The average Bonchev–Trinajstić information content (AvgIpc) is 1.71. The number of likely N-dealkylation sites (N-methyl/N-ethyl adjacent to an activating group) is 4. The van der Waals surface area contributed by atoms with Crippen molar-refractivity contribution in [1.82, 2.24) is 54.7 Å². The molecule has 0 unspecified atom stereocenters. The lowest BCUT2D eigenvalue weighted by Gasteiger charge is -2.18. The maximum Gasteiger partial charge on any atom is 0.265 e. The number of imidazole rings is 1. The molecule has 2 aliphatic heterocycles. The SMILES string of the molecule is C.CCN(CC)CCN.CCN(CC)CCN=Cc1[nH]c(C)c(C(=O)NCCN(CC)CC)c1C.CCN(CC)CCNC(=O)c1c(C)[nH]c(/C=C2\C(=O)Nc3ccc(F)cc32)c1C.Cc1[nH]c(C=O)c(C)c1C(=O)n1ccnc1.O=C1Cc2cc(F)ccc2N1. The number of aromatic amines is 3. The summed E-state index contributed by atoms with van der Waals surface area (Å²) in [4.78, 5) is 98.1. The summed E-state index contributed by atoms with van der Waals surface area (Å²) < 4.78 is 27.6. The number of anilines is 2. The molecule has 498 valence electrons. The minimum absolute atomic E-state index is 0. The number of aromatic nitrogens is 5. The van der Waals surface area contributed by atoms with E-state index in [9.17, 15) is 37.5 Å². The molecule has 0 fully saturated rings. The van der Waals surface area contributed by atoms with E-state index in [0.29, 0.717) is 76.4 Å². The minimum Gasteiger partial charge on any atom is -0.358 e. The van der Waals surface area contributed by atoms with Crippen molar-refractivity contribution in [3.63, 3.8) is 0 Å². The van der Waals surface area contributed by atoms with Gasteiger partial charge in [-0.15, -0.1) is 0 Å². The molecule has 0 bridgehead atoms. The molecule has 4 aromatic heterocycles. The minimum atomic E-state index is -0.404. The Hall–Kier alpha value is -8.22. The molecule has 91 heavy (non-hydrogen) atoms. The zero-order chi connectivity index (χ0) is 66.6. The molecular weight excluding hydrogens is 1160 g/mol. The van der Waals surface area contributed by atoms with E-state index in [1.165, 1.54) is 41.4 Å². The van der Waals surface area contributed by atoms with Crippen LogP contribution in [-0.4, -0.2) is 191 Å². The summed E-state index contributed by atoms with van der Waals surface area (Å²) in [5.41, 5.74) is 16.9. The van der Waals surface area contributed by atoms with Gasteiger partial charge >= 0.3 is 0 Å². The molecule has 2 aromatic carbocycles. The zero-order valence-electron chi connectivity index (χ0n) is 55.4.